The molecule has 36 heavy (non-hydrogen) atoms. The average Bonchev–Trinajstić information content (AvgIpc) is 3.68. The van der Waals surface area contributed by atoms with Crippen molar-refractivity contribution in [3.63, 3.8) is 0 Å². The number of carbonyl (C=O) groups excluding carboxylic acids is 2. The third kappa shape index (κ3) is 4.71. The lowest BCUT2D eigenvalue weighted by Crippen LogP contribution is -2.34. The van der Waals surface area contributed by atoms with E-state index >= 15 is 0 Å². The molecule has 3 heterocycles. The highest BCUT2D eigenvalue weighted by Crippen LogP contribution is 2.39. The summed E-state index contributed by atoms with van der Waals surface area (Å²) in [5, 5.41) is 10.1. The predicted molar refractivity (Wildman–Crippen MR) is 132 cm³/mol. The number of pyridine rings is 1. The van der Waals surface area contributed by atoms with Gasteiger partial charge in [0.2, 0.25) is 0 Å². The number of rotatable bonds is 7. The van der Waals surface area contributed by atoms with Gasteiger partial charge in [-0.25, -0.2) is 0 Å². The van der Waals surface area contributed by atoms with E-state index < -0.39 is 0 Å². The minimum atomic E-state index is -0.340. The maximum absolute atomic E-state index is 13.3. The van der Waals surface area contributed by atoms with Crippen LogP contribution in [-0.4, -0.2) is 58.8 Å². The number of fused-ring (bicyclic) bond motifs is 1. The minimum absolute atomic E-state index is 0.184. The molecule has 0 spiro atoms. The first-order valence-corrected chi connectivity index (χ1v) is 12.0. The van der Waals surface area contributed by atoms with Crippen molar-refractivity contribution in [1.29, 1.82) is 0 Å². The lowest BCUT2D eigenvalue weighted by atomic mass is 10.1. The summed E-state index contributed by atoms with van der Waals surface area (Å²) < 4.78 is 12.2. The summed E-state index contributed by atoms with van der Waals surface area (Å²) in [6.45, 7) is 1.28. The van der Waals surface area contributed by atoms with E-state index in [1.807, 2.05) is 30.3 Å². The number of amides is 2. The molecule has 188 valence electrons. The van der Waals surface area contributed by atoms with Crippen LogP contribution in [0.3, 0.4) is 0 Å². The topological polar surface area (TPSA) is 119 Å². The van der Waals surface area contributed by atoms with Crippen LogP contribution in [-0.2, 0) is 19.5 Å². The number of H-pyrrole nitrogens is 1. The second-order valence-electron chi connectivity index (χ2n) is 9.08. The normalized spacial score (nSPS) is 15.1. The smallest absolute Gasteiger partial charge is 0.274 e. The number of ether oxygens (including phenoxy) is 2. The fourth-order valence-corrected chi connectivity index (χ4v) is 4.58. The van der Waals surface area contributed by atoms with Gasteiger partial charge in [-0.1, -0.05) is 12.1 Å². The number of carbonyl (C=O) groups is 2. The Balaban J connectivity index is 1.36. The molecule has 3 aromatic rings. The van der Waals surface area contributed by atoms with Gasteiger partial charge in [0, 0.05) is 56.0 Å². The quantitative estimate of drug-likeness (QED) is 0.523. The number of benzene rings is 1. The Labute approximate surface area is 208 Å². The number of nitrogens with zero attached hydrogens (tertiary/aromatic N) is 3. The molecule has 1 saturated carbocycles. The van der Waals surface area contributed by atoms with Gasteiger partial charge in [-0.05, 0) is 36.6 Å². The van der Waals surface area contributed by atoms with Gasteiger partial charge < -0.3 is 24.3 Å². The van der Waals surface area contributed by atoms with Crippen molar-refractivity contribution in [2.24, 2.45) is 0 Å². The van der Waals surface area contributed by atoms with Gasteiger partial charge in [0.1, 0.15) is 22.8 Å². The Morgan fingerprint density at radius 1 is 1.08 bits per heavy atom. The van der Waals surface area contributed by atoms with Gasteiger partial charge >= 0.3 is 0 Å². The lowest BCUT2D eigenvalue weighted by Gasteiger charge is -2.18. The van der Waals surface area contributed by atoms with Crippen LogP contribution in [0.4, 0.5) is 0 Å². The molecule has 10 nitrogen and oxygen atoms in total. The van der Waals surface area contributed by atoms with Crippen LogP contribution < -0.4 is 20.3 Å². The first-order chi connectivity index (χ1) is 17.5. The van der Waals surface area contributed by atoms with Crippen LogP contribution in [0.5, 0.6) is 11.5 Å². The summed E-state index contributed by atoms with van der Waals surface area (Å²) in [4.78, 5) is 41.0. The molecule has 2 N–H and O–H groups in total. The van der Waals surface area contributed by atoms with E-state index in [0.29, 0.717) is 48.9 Å². The van der Waals surface area contributed by atoms with Crippen molar-refractivity contribution in [3.8, 4) is 11.5 Å². The fourth-order valence-electron chi connectivity index (χ4n) is 4.58. The van der Waals surface area contributed by atoms with Crippen molar-refractivity contribution in [2.45, 2.75) is 38.3 Å². The molecule has 0 atom stereocenters. The molecular weight excluding hydrogens is 462 g/mol. The van der Waals surface area contributed by atoms with E-state index in [9.17, 15) is 14.4 Å². The van der Waals surface area contributed by atoms with Gasteiger partial charge in [-0.15, -0.1) is 0 Å². The van der Waals surface area contributed by atoms with Crippen LogP contribution in [0.15, 0.2) is 41.2 Å². The van der Waals surface area contributed by atoms with Gasteiger partial charge in [0.05, 0.1) is 14.2 Å². The number of methoxy groups -OCH3 is 2. The monoisotopic (exact) mass is 491 g/mol. The second kappa shape index (κ2) is 9.88. The van der Waals surface area contributed by atoms with Gasteiger partial charge in [-0.2, -0.15) is 5.10 Å². The zero-order valence-corrected chi connectivity index (χ0v) is 20.4. The Bertz CT molecular complexity index is 1340. The minimum Gasteiger partial charge on any atom is -0.497 e. The summed E-state index contributed by atoms with van der Waals surface area (Å²) in [6.07, 6.45) is 2.56. The molecule has 1 fully saturated rings. The van der Waals surface area contributed by atoms with Crippen LogP contribution in [0.2, 0.25) is 0 Å². The first-order valence-electron chi connectivity index (χ1n) is 12.0. The van der Waals surface area contributed by atoms with Crippen molar-refractivity contribution < 1.29 is 19.1 Å². The fraction of sp³-hybridized carbons (Fsp3) is 0.385. The van der Waals surface area contributed by atoms with Crippen molar-refractivity contribution >= 4 is 11.8 Å². The highest BCUT2D eigenvalue weighted by Gasteiger charge is 2.30. The summed E-state index contributed by atoms with van der Waals surface area (Å²) in [5.74, 6) is 0.901. The largest absolute Gasteiger partial charge is 0.497 e. The molecule has 0 bridgehead atoms. The number of hydrogen-bond donors (Lipinski definition) is 2. The molecule has 2 amide bonds. The van der Waals surface area contributed by atoms with E-state index in [4.69, 9.17) is 9.47 Å². The van der Waals surface area contributed by atoms with E-state index in [-0.39, 0.29) is 29.7 Å². The SMILES string of the molecule is COc1ccc(CNC(=O)c2c(OC)cc(=O)n3c2CCN(C(=O)c2cc(C4CC4)[nH]n2)CC3)cc1. The zero-order valence-electron chi connectivity index (χ0n) is 20.4. The Morgan fingerprint density at radius 3 is 2.56 bits per heavy atom. The van der Waals surface area contributed by atoms with Crippen LogP contribution >= 0.6 is 0 Å². The highest BCUT2D eigenvalue weighted by molar-refractivity contribution is 5.98. The molecule has 0 unspecified atom stereocenters. The maximum Gasteiger partial charge on any atom is 0.274 e. The summed E-state index contributed by atoms with van der Waals surface area (Å²) in [5.41, 5.74) is 2.89. The summed E-state index contributed by atoms with van der Waals surface area (Å²) >= 11 is 0. The highest BCUT2D eigenvalue weighted by atomic mass is 16.5. The van der Waals surface area contributed by atoms with Gasteiger partial charge in [0.15, 0.2) is 0 Å². The van der Waals surface area contributed by atoms with Crippen LogP contribution in [0.25, 0.3) is 0 Å². The molecule has 0 saturated heterocycles. The summed E-state index contributed by atoms with van der Waals surface area (Å²) in [7, 11) is 3.04. The molecule has 2 aliphatic rings. The zero-order chi connectivity index (χ0) is 25.2. The maximum atomic E-state index is 13.3. The Kier molecular flexibility index (Phi) is 6.49. The van der Waals surface area contributed by atoms with Gasteiger partial charge in [0.25, 0.3) is 17.4 Å². The molecular formula is C26H29N5O5. The number of aromatic amines is 1. The van der Waals surface area contributed by atoms with Crippen molar-refractivity contribution in [1.82, 2.24) is 25.0 Å². The average molecular weight is 492 g/mol. The standard InChI is InChI=1S/C26H29N5O5/c1-35-18-7-3-16(4-8-18)15-27-25(33)24-21-9-10-30(11-12-31(21)23(32)14-22(24)36-2)26(34)20-13-19(28-29-20)17-5-6-17/h3-4,7-8,13-14,17H,5-6,9-12,15H2,1-2H3,(H,27,33)(H,28,29). The molecule has 1 aliphatic heterocycles. The lowest BCUT2D eigenvalue weighted by molar-refractivity contribution is 0.0753. The number of hydrogen-bond acceptors (Lipinski definition) is 6. The van der Waals surface area contributed by atoms with Gasteiger partial charge in [-0.3, -0.25) is 19.5 Å². The molecule has 10 heteroatoms. The molecule has 0 radical (unpaired) electrons. The number of aromatic nitrogens is 3. The predicted octanol–water partition coefficient (Wildman–Crippen LogP) is 2.09. The van der Waals surface area contributed by atoms with Crippen LogP contribution in [0, 0.1) is 0 Å². The Morgan fingerprint density at radius 2 is 1.86 bits per heavy atom. The number of nitrogens with one attached hydrogen (secondary N) is 2. The van der Waals surface area contributed by atoms with E-state index in [2.05, 4.69) is 15.5 Å². The molecule has 1 aromatic carbocycles. The van der Waals surface area contributed by atoms with Crippen molar-refractivity contribution in [2.75, 3.05) is 27.3 Å². The van der Waals surface area contributed by atoms with E-state index in [1.54, 1.807) is 16.6 Å². The molecule has 5 rings (SSSR count). The van der Waals surface area contributed by atoms with E-state index in [1.165, 1.54) is 13.2 Å². The third-order valence-corrected chi connectivity index (χ3v) is 6.77. The molecule has 2 aromatic heterocycles. The first kappa shape index (κ1) is 23.7. The Hall–Kier alpha value is -4.08. The van der Waals surface area contributed by atoms with Crippen molar-refractivity contribution in [3.05, 3.63) is 75.0 Å². The van der Waals surface area contributed by atoms with Crippen LogP contribution in [0.1, 0.15) is 56.6 Å². The molecule has 1 aliphatic carbocycles. The third-order valence-electron chi connectivity index (χ3n) is 6.77. The summed E-state index contributed by atoms with van der Waals surface area (Å²) in [6, 6.07) is 10.6. The second-order valence-corrected chi connectivity index (χ2v) is 9.08. The van der Waals surface area contributed by atoms with E-state index in [0.717, 1.165) is 29.8 Å².